The molecule has 202 valence electrons. The van der Waals surface area contributed by atoms with Crippen LogP contribution >= 0.6 is 0 Å². The third kappa shape index (κ3) is 5.84. The number of fused-ring (bicyclic) bond motifs is 5. The van der Waals surface area contributed by atoms with Gasteiger partial charge in [0.05, 0.1) is 30.3 Å². The van der Waals surface area contributed by atoms with E-state index < -0.39 is 30.3 Å². The van der Waals surface area contributed by atoms with Crippen molar-refractivity contribution < 1.29 is 24.9 Å². The molecule has 2 aliphatic heterocycles. The van der Waals surface area contributed by atoms with Gasteiger partial charge in [-0.1, -0.05) is 63.3 Å². The standard InChI is InChI=1S/C30H42N2O5/c1-4-19-15-21-16-20-9-5-8-12-25(36)31-14-13-24(35)29-30(37)27(18(3)32-29)22(33)10-6-7-11-23(34)28(20)26(21)17(19)2/h5-12,17,19-21,23-24,26-30,32,34-35,37H,3-4,13-16H2,1-2H3,(H,31,36)/b9-5+,10-6+,11-7+,12-8+/t17-,19-,20+,21+,23-,24-,26+,27-,28-,29-,30+/m0/s1. The van der Waals surface area contributed by atoms with Crippen LogP contribution in [-0.4, -0.2) is 57.9 Å². The summed E-state index contributed by atoms with van der Waals surface area (Å²) in [5.41, 5.74) is 0.361. The van der Waals surface area contributed by atoms with Gasteiger partial charge >= 0.3 is 0 Å². The molecule has 0 unspecified atom stereocenters. The molecule has 0 aromatic carbocycles. The molecular weight excluding hydrogens is 468 g/mol. The summed E-state index contributed by atoms with van der Waals surface area (Å²) < 4.78 is 0. The van der Waals surface area contributed by atoms with E-state index in [9.17, 15) is 24.9 Å². The number of ketones is 1. The van der Waals surface area contributed by atoms with E-state index >= 15 is 0 Å². The molecule has 7 heteroatoms. The Kier molecular flexibility index (Phi) is 8.88. The van der Waals surface area contributed by atoms with Crippen molar-refractivity contribution in [2.45, 2.75) is 63.9 Å². The zero-order chi connectivity index (χ0) is 26.7. The molecule has 4 rings (SSSR count). The number of amides is 1. The summed E-state index contributed by atoms with van der Waals surface area (Å²) in [5, 5.41) is 38.2. The van der Waals surface area contributed by atoms with Crippen LogP contribution in [0.5, 0.6) is 0 Å². The highest BCUT2D eigenvalue weighted by atomic mass is 16.3. The average Bonchev–Trinajstić information content (AvgIpc) is 3.48. The second-order valence-corrected chi connectivity index (χ2v) is 11.3. The molecule has 7 nitrogen and oxygen atoms in total. The van der Waals surface area contributed by atoms with Gasteiger partial charge in [-0.05, 0) is 60.8 Å². The number of rotatable bonds is 1. The highest BCUT2D eigenvalue weighted by Gasteiger charge is 2.52. The van der Waals surface area contributed by atoms with Gasteiger partial charge in [-0.25, -0.2) is 0 Å². The number of carbonyl (C=O) groups is 2. The van der Waals surface area contributed by atoms with Gasteiger partial charge in [-0.15, -0.1) is 0 Å². The second kappa shape index (κ2) is 11.9. The molecular formula is C30H42N2O5. The monoisotopic (exact) mass is 510 g/mol. The SMILES string of the molecule is C=C1N[C@@H]2[C@H](O)[C@@H]1C(=O)/C=C/C=C/[C@H](O)[C@H]1[C@H]3[C@H](C[C@H](CC)[C@@H]3C)C[C@H]1/C=C/C=C/C(=O)NCC[C@@H]2O. The number of hydrogen-bond donors (Lipinski definition) is 5. The van der Waals surface area contributed by atoms with E-state index in [1.807, 2.05) is 6.08 Å². The lowest BCUT2D eigenvalue weighted by Gasteiger charge is -2.30. The van der Waals surface area contributed by atoms with Crippen molar-refractivity contribution in [2.75, 3.05) is 6.54 Å². The smallest absolute Gasteiger partial charge is 0.243 e. The minimum atomic E-state index is -1.13. The van der Waals surface area contributed by atoms with Crippen LogP contribution in [0, 0.1) is 41.4 Å². The van der Waals surface area contributed by atoms with Crippen molar-refractivity contribution in [3.8, 4) is 0 Å². The predicted octanol–water partition coefficient (Wildman–Crippen LogP) is 2.42. The van der Waals surface area contributed by atoms with Crippen molar-refractivity contribution in [1.82, 2.24) is 10.6 Å². The Hall–Kier alpha value is -2.48. The lowest BCUT2D eigenvalue weighted by molar-refractivity contribution is -0.119. The first kappa shape index (κ1) is 27.6. The summed E-state index contributed by atoms with van der Waals surface area (Å²) in [6, 6.07) is -0.749. The van der Waals surface area contributed by atoms with Gasteiger partial charge < -0.3 is 26.0 Å². The van der Waals surface area contributed by atoms with Crippen LogP contribution in [0.3, 0.4) is 0 Å². The van der Waals surface area contributed by atoms with Gasteiger partial charge in [0.15, 0.2) is 5.78 Å². The van der Waals surface area contributed by atoms with E-state index in [2.05, 4.69) is 37.1 Å². The molecule has 0 radical (unpaired) electrons. The van der Waals surface area contributed by atoms with Crippen LogP contribution in [-0.2, 0) is 9.59 Å². The minimum Gasteiger partial charge on any atom is -0.391 e. The molecule has 2 heterocycles. The Balaban J connectivity index is 1.58. The van der Waals surface area contributed by atoms with E-state index in [1.54, 1.807) is 24.3 Å². The molecule has 0 aromatic heterocycles. The molecule has 5 N–H and O–H groups in total. The summed E-state index contributed by atoms with van der Waals surface area (Å²) in [6.45, 7) is 8.66. The topological polar surface area (TPSA) is 119 Å². The highest BCUT2D eigenvalue weighted by Crippen LogP contribution is 2.57. The third-order valence-corrected chi connectivity index (χ3v) is 9.23. The largest absolute Gasteiger partial charge is 0.391 e. The fourth-order valence-electron chi connectivity index (χ4n) is 7.40. The van der Waals surface area contributed by atoms with Crippen molar-refractivity contribution >= 4 is 11.7 Å². The molecule has 2 aliphatic carbocycles. The quantitative estimate of drug-likeness (QED) is 0.370. The Labute approximate surface area is 220 Å². The maximum absolute atomic E-state index is 12.8. The summed E-state index contributed by atoms with van der Waals surface area (Å²) >= 11 is 0. The molecule has 2 bridgehead atoms. The first-order valence-electron chi connectivity index (χ1n) is 13.7. The molecule has 4 aliphatic rings. The molecule has 3 fully saturated rings. The highest BCUT2D eigenvalue weighted by molar-refractivity contribution is 5.94. The van der Waals surface area contributed by atoms with E-state index in [-0.39, 0.29) is 36.5 Å². The maximum Gasteiger partial charge on any atom is 0.243 e. The number of hydrogen-bond acceptors (Lipinski definition) is 6. The summed E-state index contributed by atoms with van der Waals surface area (Å²) in [7, 11) is 0. The summed E-state index contributed by atoms with van der Waals surface area (Å²) in [6.07, 6.45) is 14.5. The molecule has 11 atom stereocenters. The van der Waals surface area contributed by atoms with Crippen LogP contribution < -0.4 is 10.6 Å². The fourth-order valence-corrected chi connectivity index (χ4v) is 7.40. The molecule has 0 aromatic rings. The number of allylic oxidation sites excluding steroid dienone is 6. The van der Waals surface area contributed by atoms with Gasteiger partial charge in [0.2, 0.25) is 5.91 Å². The van der Waals surface area contributed by atoms with Crippen LogP contribution in [0.15, 0.2) is 60.9 Å². The molecule has 1 amide bonds. The Morgan fingerprint density at radius 3 is 2.49 bits per heavy atom. The van der Waals surface area contributed by atoms with E-state index in [4.69, 9.17) is 0 Å². The molecule has 1 saturated heterocycles. The van der Waals surface area contributed by atoms with Crippen LogP contribution in [0.1, 0.15) is 39.5 Å². The van der Waals surface area contributed by atoms with Gasteiger partial charge in [0.25, 0.3) is 0 Å². The van der Waals surface area contributed by atoms with Crippen molar-refractivity contribution in [3.63, 3.8) is 0 Å². The van der Waals surface area contributed by atoms with Crippen molar-refractivity contribution in [3.05, 3.63) is 60.9 Å². The summed E-state index contributed by atoms with van der Waals surface area (Å²) in [4.78, 5) is 25.1. The fraction of sp³-hybridized carbons (Fsp3) is 0.600. The number of aliphatic hydroxyl groups excluding tert-OH is 3. The maximum atomic E-state index is 12.8. The average molecular weight is 511 g/mol. The number of nitrogens with one attached hydrogen (secondary N) is 2. The van der Waals surface area contributed by atoms with E-state index in [0.29, 0.717) is 29.4 Å². The molecule has 37 heavy (non-hydrogen) atoms. The third-order valence-electron chi connectivity index (χ3n) is 9.23. The van der Waals surface area contributed by atoms with Crippen molar-refractivity contribution in [2.24, 2.45) is 41.4 Å². The van der Waals surface area contributed by atoms with Crippen LogP contribution in [0.25, 0.3) is 0 Å². The van der Waals surface area contributed by atoms with Gasteiger partial charge in [0, 0.05) is 18.3 Å². The van der Waals surface area contributed by atoms with Crippen LogP contribution in [0.4, 0.5) is 0 Å². The van der Waals surface area contributed by atoms with Crippen LogP contribution in [0.2, 0.25) is 0 Å². The molecule has 2 saturated carbocycles. The zero-order valence-electron chi connectivity index (χ0n) is 21.9. The Bertz CT molecular complexity index is 984. The first-order valence-corrected chi connectivity index (χ1v) is 13.7. The lowest BCUT2D eigenvalue weighted by atomic mass is 9.76. The van der Waals surface area contributed by atoms with Crippen molar-refractivity contribution in [1.29, 1.82) is 0 Å². The van der Waals surface area contributed by atoms with Gasteiger partial charge in [-0.2, -0.15) is 0 Å². The summed E-state index contributed by atoms with van der Waals surface area (Å²) in [5.74, 6) is 1.05. The second-order valence-electron chi connectivity index (χ2n) is 11.3. The predicted molar refractivity (Wildman–Crippen MR) is 143 cm³/mol. The normalized spacial score (nSPS) is 46.3. The van der Waals surface area contributed by atoms with Gasteiger partial charge in [0.1, 0.15) is 0 Å². The lowest BCUT2D eigenvalue weighted by Crippen LogP contribution is -2.44. The Morgan fingerprint density at radius 2 is 1.73 bits per heavy atom. The Morgan fingerprint density at radius 1 is 1.00 bits per heavy atom. The van der Waals surface area contributed by atoms with E-state index in [0.717, 1.165) is 12.8 Å². The van der Waals surface area contributed by atoms with E-state index in [1.165, 1.54) is 18.6 Å². The first-order chi connectivity index (χ1) is 17.7. The number of carbonyl (C=O) groups excluding carboxylic acids is 2. The van der Waals surface area contributed by atoms with Gasteiger partial charge in [-0.3, -0.25) is 9.59 Å². The minimum absolute atomic E-state index is 0.0730. The zero-order valence-corrected chi connectivity index (χ0v) is 21.9. The molecule has 0 spiro atoms. The number of aliphatic hydroxyl groups is 3.